The van der Waals surface area contributed by atoms with Crippen LogP contribution in [0.3, 0.4) is 0 Å². The van der Waals surface area contributed by atoms with Gasteiger partial charge in [0.1, 0.15) is 11.5 Å². The zero-order valence-electron chi connectivity index (χ0n) is 21.7. The molecular weight excluding hydrogens is 574 g/mol. The van der Waals surface area contributed by atoms with Crippen LogP contribution in [0.5, 0.6) is 11.5 Å². The average Bonchev–Trinajstić information content (AvgIpc) is 3.00. The highest BCUT2D eigenvalue weighted by Gasteiger charge is 2.17. The molecule has 1 amide bonds. The minimum atomic E-state index is -0.639. The summed E-state index contributed by atoms with van der Waals surface area (Å²) in [6, 6.07) is 27.1. The van der Waals surface area contributed by atoms with Crippen molar-refractivity contribution in [1.82, 2.24) is 9.97 Å². The molecule has 8 nitrogen and oxygen atoms in total. The van der Waals surface area contributed by atoms with E-state index in [-0.39, 0.29) is 5.56 Å². The number of carbonyl (C=O) groups is 2. The fourth-order valence-corrected chi connectivity index (χ4v) is 4.29. The second-order valence-electron chi connectivity index (χ2n) is 8.71. The number of amides is 1. The van der Waals surface area contributed by atoms with Gasteiger partial charge in [-0.3, -0.25) is 4.79 Å². The van der Waals surface area contributed by atoms with Gasteiger partial charge in [0.15, 0.2) is 6.61 Å². The summed E-state index contributed by atoms with van der Waals surface area (Å²) in [6.45, 7) is -0.424. The van der Waals surface area contributed by atoms with Crippen LogP contribution in [0.1, 0.15) is 10.4 Å². The number of methoxy groups -OCH3 is 2. The van der Waals surface area contributed by atoms with Gasteiger partial charge in [0.2, 0.25) is 0 Å². The Morgan fingerprint density at radius 1 is 0.725 bits per heavy atom. The number of rotatable bonds is 8. The van der Waals surface area contributed by atoms with Crippen LogP contribution in [-0.2, 0) is 9.53 Å². The molecule has 1 heterocycles. The number of hydrogen-bond acceptors (Lipinski definition) is 7. The zero-order valence-corrected chi connectivity index (χ0v) is 23.3. The molecule has 9 heteroatoms. The van der Waals surface area contributed by atoms with Crippen LogP contribution >= 0.6 is 15.9 Å². The molecule has 0 aliphatic rings. The van der Waals surface area contributed by atoms with E-state index in [2.05, 4.69) is 21.2 Å². The molecule has 5 rings (SSSR count). The first-order chi connectivity index (χ1) is 19.4. The molecule has 1 aromatic heterocycles. The number of ether oxygens (including phenoxy) is 3. The number of hydrogen-bond donors (Lipinski definition) is 1. The molecule has 40 heavy (non-hydrogen) atoms. The zero-order chi connectivity index (χ0) is 28.1. The largest absolute Gasteiger partial charge is 0.497 e. The van der Waals surface area contributed by atoms with Gasteiger partial charge >= 0.3 is 5.97 Å². The Morgan fingerprint density at radius 3 is 1.82 bits per heavy atom. The number of fused-ring (bicyclic) bond motifs is 1. The van der Waals surface area contributed by atoms with Crippen molar-refractivity contribution >= 4 is 44.5 Å². The third-order valence-electron chi connectivity index (χ3n) is 6.09. The molecule has 5 aromatic rings. The number of carbonyl (C=O) groups excluding carboxylic acids is 2. The van der Waals surface area contributed by atoms with Gasteiger partial charge in [-0.15, -0.1) is 0 Å². The van der Waals surface area contributed by atoms with Gasteiger partial charge in [-0.1, -0.05) is 15.9 Å². The lowest BCUT2D eigenvalue weighted by Crippen LogP contribution is -2.20. The van der Waals surface area contributed by atoms with E-state index in [0.29, 0.717) is 28.1 Å². The Kier molecular flexibility index (Phi) is 8.02. The van der Waals surface area contributed by atoms with Crippen molar-refractivity contribution in [3.05, 3.63) is 101 Å². The fraction of sp³-hybridized carbons (Fsp3) is 0.0968. The van der Waals surface area contributed by atoms with Crippen LogP contribution in [0.2, 0.25) is 0 Å². The second kappa shape index (κ2) is 12.0. The Morgan fingerprint density at radius 2 is 1.27 bits per heavy atom. The van der Waals surface area contributed by atoms with Crippen LogP contribution < -0.4 is 14.8 Å². The molecule has 0 unspecified atom stereocenters. The Balaban J connectivity index is 1.43. The van der Waals surface area contributed by atoms with E-state index in [1.807, 2.05) is 48.5 Å². The van der Waals surface area contributed by atoms with Crippen LogP contribution in [0.25, 0.3) is 33.5 Å². The molecule has 0 aliphatic heterocycles. The monoisotopic (exact) mass is 597 g/mol. The normalized spacial score (nSPS) is 10.7. The van der Waals surface area contributed by atoms with Crippen molar-refractivity contribution in [2.45, 2.75) is 0 Å². The standard InChI is InChI=1S/C31H24BrN3O5/c1-38-24-12-3-19(4-13-24)29-30(20-5-14-25(39-2)15-6-20)35-27-17-21(7-16-26(27)34-29)31(37)40-18-28(36)33-23-10-8-22(32)9-11-23/h3-17H,18H2,1-2H3,(H,33,36). The molecule has 0 fully saturated rings. The van der Waals surface area contributed by atoms with E-state index in [4.69, 9.17) is 24.2 Å². The highest BCUT2D eigenvalue weighted by atomic mass is 79.9. The predicted octanol–water partition coefficient (Wildman–Crippen LogP) is 6.54. The van der Waals surface area contributed by atoms with Crippen molar-refractivity contribution in [1.29, 1.82) is 0 Å². The average molecular weight is 598 g/mol. The van der Waals surface area contributed by atoms with E-state index in [9.17, 15) is 9.59 Å². The Labute approximate surface area is 239 Å². The summed E-state index contributed by atoms with van der Waals surface area (Å²) in [4.78, 5) is 34.8. The topological polar surface area (TPSA) is 99.6 Å². The maximum absolute atomic E-state index is 12.8. The van der Waals surface area contributed by atoms with Gasteiger partial charge in [-0.05, 0) is 91.0 Å². The minimum absolute atomic E-state index is 0.260. The molecule has 0 saturated carbocycles. The number of nitrogens with one attached hydrogen (secondary N) is 1. The van der Waals surface area contributed by atoms with Crippen molar-refractivity contribution in [2.24, 2.45) is 0 Å². The summed E-state index contributed by atoms with van der Waals surface area (Å²) in [6.07, 6.45) is 0. The number of aromatic nitrogens is 2. The molecule has 0 spiro atoms. The summed E-state index contributed by atoms with van der Waals surface area (Å²) < 4.78 is 16.8. The van der Waals surface area contributed by atoms with Gasteiger partial charge in [0.25, 0.3) is 5.91 Å². The lowest BCUT2D eigenvalue weighted by molar-refractivity contribution is -0.119. The molecule has 200 valence electrons. The van der Waals surface area contributed by atoms with Crippen molar-refractivity contribution in [3.8, 4) is 34.0 Å². The lowest BCUT2D eigenvalue weighted by Gasteiger charge is -2.12. The highest BCUT2D eigenvalue weighted by molar-refractivity contribution is 9.10. The highest BCUT2D eigenvalue weighted by Crippen LogP contribution is 2.33. The molecule has 4 aromatic carbocycles. The Hall–Kier alpha value is -4.76. The van der Waals surface area contributed by atoms with E-state index in [0.717, 1.165) is 27.1 Å². The van der Waals surface area contributed by atoms with Crippen LogP contribution in [-0.4, -0.2) is 42.7 Å². The maximum atomic E-state index is 12.8. The molecule has 1 N–H and O–H groups in total. The van der Waals surface area contributed by atoms with Gasteiger partial charge in [0, 0.05) is 21.3 Å². The smallest absolute Gasteiger partial charge is 0.338 e. The number of benzene rings is 4. The molecule has 0 bridgehead atoms. The van der Waals surface area contributed by atoms with Crippen molar-refractivity contribution < 1.29 is 23.8 Å². The third-order valence-corrected chi connectivity index (χ3v) is 6.62. The third kappa shape index (κ3) is 6.10. The first kappa shape index (κ1) is 26.8. The van der Waals surface area contributed by atoms with Gasteiger partial charge in [-0.25, -0.2) is 14.8 Å². The Bertz CT molecular complexity index is 1670. The lowest BCUT2D eigenvalue weighted by atomic mass is 10.0. The van der Waals surface area contributed by atoms with Crippen LogP contribution in [0.4, 0.5) is 5.69 Å². The van der Waals surface area contributed by atoms with E-state index >= 15 is 0 Å². The first-order valence-electron chi connectivity index (χ1n) is 12.3. The van der Waals surface area contributed by atoms with Crippen LogP contribution in [0.15, 0.2) is 95.5 Å². The van der Waals surface area contributed by atoms with E-state index in [1.54, 1.807) is 56.7 Å². The van der Waals surface area contributed by atoms with Crippen LogP contribution in [0, 0.1) is 0 Å². The van der Waals surface area contributed by atoms with Gasteiger partial charge in [0.05, 0.1) is 42.2 Å². The number of halogens is 1. The molecular formula is C31H24BrN3O5. The molecule has 0 atom stereocenters. The SMILES string of the molecule is COc1ccc(-c2nc3ccc(C(=O)OCC(=O)Nc4ccc(Br)cc4)cc3nc2-c2ccc(OC)cc2)cc1. The van der Waals surface area contributed by atoms with Gasteiger partial charge < -0.3 is 19.5 Å². The van der Waals surface area contributed by atoms with Crippen molar-refractivity contribution in [3.63, 3.8) is 0 Å². The second-order valence-corrected chi connectivity index (χ2v) is 9.63. The van der Waals surface area contributed by atoms with Crippen molar-refractivity contribution in [2.75, 3.05) is 26.1 Å². The first-order valence-corrected chi connectivity index (χ1v) is 13.1. The summed E-state index contributed by atoms with van der Waals surface area (Å²) in [5, 5.41) is 2.69. The minimum Gasteiger partial charge on any atom is -0.497 e. The maximum Gasteiger partial charge on any atom is 0.338 e. The summed E-state index contributed by atoms with van der Waals surface area (Å²) in [5.74, 6) is 0.372. The molecule has 0 radical (unpaired) electrons. The number of esters is 1. The summed E-state index contributed by atoms with van der Waals surface area (Å²) in [7, 11) is 3.23. The quantitative estimate of drug-likeness (QED) is 0.203. The summed E-state index contributed by atoms with van der Waals surface area (Å²) >= 11 is 3.35. The van der Waals surface area contributed by atoms with E-state index in [1.165, 1.54) is 0 Å². The fourth-order valence-electron chi connectivity index (χ4n) is 4.03. The number of nitrogens with zero attached hydrogens (tertiary/aromatic N) is 2. The molecule has 0 saturated heterocycles. The van der Waals surface area contributed by atoms with E-state index < -0.39 is 18.5 Å². The summed E-state index contributed by atoms with van der Waals surface area (Å²) in [5.41, 5.74) is 4.99. The molecule has 0 aliphatic carbocycles. The predicted molar refractivity (Wildman–Crippen MR) is 157 cm³/mol. The van der Waals surface area contributed by atoms with Gasteiger partial charge in [-0.2, -0.15) is 0 Å². The number of anilines is 1.